The summed E-state index contributed by atoms with van der Waals surface area (Å²) in [5.41, 5.74) is 1.22. The summed E-state index contributed by atoms with van der Waals surface area (Å²) in [6, 6.07) is 5.90. The molecule has 0 saturated carbocycles. The van der Waals surface area contributed by atoms with Gasteiger partial charge in [0.1, 0.15) is 0 Å². The predicted octanol–water partition coefficient (Wildman–Crippen LogP) is 4.61. The van der Waals surface area contributed by atoms with Crippen LogP contribution in [0, 0.1) is 0 Å². The zero-order valence-electron chi connectivity index (χ0n) is 11.0. The van der Waals surface area contributed by atoms with E-state index in [1.165, 1.54) is 16.9 Å². The van der Waals surface area contributed by atoms with E-state index in [4.69, 9.17) is 11.6 Å². The van der Waals surface area contributed by atoms with Gasteiger partial charge in [0.25, 0.3) is 0 Å². The maximum atomic E-state index is 12.3. The molecule has 2 aromatic rings. The lowest BCUT2D eigenvalue weighted by atomic mass is 10.2. The monoisotopic (exact) mass is 325 g/mol. The fourth-order valence-electron chi connectivity index (χ4n) is 1.88. The normalized spacial score (nSPS) is 10.4. The second-order valence-electron chi connectivity index (χ2n) is 4.40. The topological polar surface area (TPSA) is 20.3 Å². The van der Waals surface area contributed by atoms with Gasteiger partial charge in [-0.1, -0.05) is 17.7 Å². The molecule has 106 valence electrons. The zero-order valence-corrected chi connectivity index (χ0v) is 13.4. The van der Waals surface area contributed by atoms with E-state index in [2.05, 4.69) is 18.0 Å². The van der Waals surface area contributed by atoms with Crippen LogP contribution >= 0.6 is 34.3 Å². The summed E-state index contributed by atoms with van der Waals surface area (Å²) < 4.78 is 0.754. The molecule has 20 heavy (non-hydrogen) atoms. The highest BCUT2D eigenvalue weighted by molar-refractivity contribution is 7.16. The minimum absolute atomic E-state index is 0.153. The van der Waals surface area contributed by atoms with Crippen LogP contribution in [0.25, 0.3) is 0 Å². The molecular weight excluding hydrogens is 310 g/mol. The Labute approximate surface area is 132 Å². The van der Waals surface area contributed by atoms with E-state index in [1.54, 1.807) is 17.4 Å². The van der Waals surface area contributed by atoms with Gasteiger partial charge in [-0.3, -0.25) is 4.79 Å². The van der Waals surface area contributed by atoms with E-state index in [-0.39, 0.29) is 5.91 Å². The van der Waals surface area contributed by atoms with Crippen LogP contribution in [-0.2, 0) is 17.8 Å². The number of halogens is 1. The summed E-state index contributed by atoms with van der Waals surface area (Å²) in [7, 11) is 0. The molecule has 0 aliphatic carbocycles. The molecule has 0 unspecified atom stereocenters. The molecule has 0 radical (unpaired) electrons. The molecule has 1 amide bonds. The molecule has 0 spiro atoms. The minimum Gasteiger partial charge on any atom is -0.334 e. The number of nitrogens with zero attached hydrogens (tertiary/aromatic N) is 1. The van der Waals surface area contributed by atoms with Gasteiger partial charge in [0.15, 0.2) is 0 Å². The zero-order chi connectivity index (χ0) is 14.4. The first-order valence-electron chi connectivity index (χ1n) is 6.33. The molecule has 5 heteroatoms. The van der Waals surface area contributed by atoms with Crippen molar-refractivity contribution < 1.29 is 4.79 Å². The van der Waals surface area contributed by atoms with Gasteiger partial charge in [-0.25, -0.2) is 0 Å². The molecule has 0 saturated heterocycles. The summed E-state index contributed by atoms with van der Waals surface area (Å²) in [5, 5.41) is 4.12. The predicted molar refractivity (Wildman–Crippen MR) is 87.6 cm³/mol. The van der Waals surface area contributed by atoms with Crippen LogP contribution in [0.3, 0.4) is 0 Å². The molecule has 0 fully saturated rings. The Morgan fingerprint density at radius 2 is 2.25 bits per heavy atom. The quantitative estimate of drug-likeness (QED) is 0.681. The lowest BCUT2D eigenvalue weighted by Crippen LogP contribution is -2.30. The number of hydrogen-bond acceptors (Lipinski definition) is 3. The van der Waals surface area contributed by atoms with Crippen molar-refractivity contribution in [2.45, 2.75) is 19.4 Å². The van der Waals surface area contributed by atoms with Crippen LogP contribution in [0.5, 0.6) is 0 Å². The van der Waals surface area contributed by atoms with Gasteiger partial charge in [-0.2, -0.15) is 11.3 Å². The van der Waals surface area contributed by atoms with E-state index in [1.807, 2.05) is 22.4 Å². The van der Waals surface area contributed by atoms with Crippen LogP contribution in [0.1, 0.15) is 16.9 Å². The molecule has 2 aromatic heterocycles. The molecule has 0 aliphatic rings. The van der Waals surface area contributed by atoms with Crippen LogP contribution in [0.2, 0.25) is 4.34 Å². The van der Waals surface area contributed by atoms with Crippen molar-refractivity contribution in [3.8, 4) is 0 Å². The van der Waals surface area contributed by atoms with Gasteiger partial charge >= 0.3 is 0 Å². The second-order valence-corrected chi connectivity index (χ2v) is 6.98. The Morgan fingerprint density at radius 3 is 2.85 bits per heavy atom. The molecule has 2 rings (SSSR count). The summed E-state index contributed by atoms with van der Waals surface area (Å²) in [6.07, 6.45) is 3.09. The Kier molecular flexibility index (Phi) is 5.83. The van der Waals surface area contributed by atoms with E-state index < -0.39 is 0 Å². The van der Waals surface area contributed by atoms with Crippen LogP contribution in [0.4, 0.5) is 0 Å². The lowest BCUT2D eigenvalue weighted by molar-refractivity contribution is -0.131. The third-order valence-electron chi connectivity index (χ3n) is 2.89. The average molecular weight is 326 g/mol. The lowest BCUT2D eigenvalue weighted by Gasteiger charge is -2.20. The summed E-state index contributed by atoms with van der Waals surface area (Å²) in [6.45, 7) is 4.90. The fraction of sp³-hybridized carbons (Fsp3) is 0.267. The van der Waals surface area contributed by atoms with Gasteiger partial charge in [0.05, 0.1) is 10.9 Å². The number of aryl methyl sites for hydroxylation is 1. The molecule has 2 nitrogen and oxygen atoms in total. The maximum Gasteiger partial charge on any atom is 0.223 e. The maximum absolute atomic E-state index is 12.3. The summed E-state index contributed by atoms with van der Waals surface area (Å²) in [5.74, 6) is 0.153. The highest BCUT2D eigenvalue weighted by Crippen LogP contribution is 2.23. The minimum atomic E-state index is 0.153. The first-order chi connectivity index (χ1) is 9.69. The van der Waals surface area contributed by atoms with Crippen molar-refractivity contribution in [1.29, 1.82) is 0 Å². The summed E-state index contributed by atoms with van der Waals surface area (Å²) in [4.78, 5) is 15.2. The van der Waals surface area contributed by atoms with Crippen molar-refractivity contribution in [1.82, 2.24) is 4.90 Å². The largest absolute Gasteiger partial charge is 0.334 e. The van der Waals surface area contributed by atoms with E-state index >= 15 is 0 Å². The van der Waals surface area contributed by atoms with Gasteiger partial charge < -0.3 is 4.90 Å². The first-order valence-corrected chi connectivity index (χ1v) is 8.46. The first kappa shape index (κ1) is 15.3. The van der Waals surface area contributed by atoms with Crippen molar-refractivity contribution in [2.75, 3.05) is 6.54 Å². The molecule has 0 atom stereocenters. The number of hydrogen-bond donors (Lipinski definition) is 0. The number of thiophene rings is 2. The van der Waals surface area contributed by atoms with E-state index in [0.29, 0.717) is 19.5 Å². The number of carbonyl (C=O) groups is 1. The third-order valence-corrected chi connectivity index (χ3v) is 4.83. The van der Waals surface area contributed by atoms with E-state index in [0.717, 1.165) is 15.6 Å². The smallest absolute Gasteiger partial charge is 0.223 e. The standard InChI is InChI=1S/C15H16ClNOS2/c1-2-8-17(10-13-4-5-14(16)20-13)15(18)6-3-12-7-9-19-11-12/h2,4-5,7,9,11H,1,3,6,8,10H2. The van der Waals surface area contributed by atoms with Crippen molar-refractivity contribution in [2.24, 2.45) is 0 Å². The van der Waals surface area contributed by atoms with E-state index in [9.17, 15) is 4.79 Å². The number of amides is 1. The number of carbonyl (C=O) groups excluding carboxylic acids is 1. The highest BCUT2D eigenvalue weighted by atomic mass is 35.5. The summed E-state index contributed by atoms with van der Waals surface area (Å²) >= 11 is 9.10. The van der Waals surface area contributed by atoms with Gasteiger partial charge in [-0.05, 0) is 40.9 Å². The highest BCUT2D eigenvalue weighted by Gasteiger charge is 2.13. The van der Waals surface area contributed by atoms with Gasteiger partial charge in [0.2, 0.25) is 5.91 Å². The Hall–Kier alpha value is -1.10. The van der Waals surface area contributed by atoms with Gasteiger partial charge in [-0.15, -0.1) is 17.9 Å². The van der Waals surface area contributed by atoms with Gasteiger partial charge in [0, 0.05) is 17.8 Å². The van der Waals surface area contributed by atoms with Crippen molar-refractivity contribution >= 4 is 40.2 Å². The molecule has 0 aromatic carbocycles. The fourth-order valence-corrected chi connectivity index (χ4v) is 3.69. The third kappa shape index (κ3) is 4.47. The van der Waals surface area contributed by atoms with Crippen molar-refractivity contribution in [3.63, 3.8) is 0 Å². The van der Waals surface area contributed by atoms with Crippen LogP contribution in [-0.4, -0.2) is 17.4 Å². The molecular formula is C15H16ClNOS2. The number of rotatable bonds is 7. The Bertz CT molecular complexity index is 562. The molecule has 0 aliphatic heterocycles. The molecule has 0 bridgehead atoms. The Morgan fingerprint density at radius 1 is 1.40 bits per heavy atom. The van der Waals surface area contributed by atoms with Crippen molar-refractivity contribution in [3.05, 3.63) is 56.4 Å². The average Bonchev–Trinajstić information content (AvgIpc) is 3.07. The second kappa shape index (κ2) is 7.62. The van der Waals surface area contributed by atoms with Crippen LogP contribution < -0.4 is 0 Å². The molecule has 0 N–H and O–H groups in total. The Balaban J connectivity index is 1.92. The molecule has 2 heterocycles. The van der Waals surface area contributed by atoms with Crippen LogP contribution in [0.15, 0.2) is 41.6 Å². The SMILES string of the molecule is C=CCN(Cc1ccc(Cl)s1)C(=O)CCc1ccsc1.